The van der Waals surface area contributed by atoms with Crippen LogP contribution in [-0.4, -0.2) is 24.0 Å². The van der Waals surface area contributed by atoms with Crippen LogP contribution in [0, 0.1) is 0 Å². The van der Waals surface area contributed by atoms with Crippen molar-refractivity contribution in [2.24, 2.45) is 0 Å². The molecule has 0 N–H and O–H groups in total. The van der Waals surface area contributed by atoms with Crippen molar-refractivity contribution in [1.29, 1.82) is 0 Å². The molecule has 0 fully saturated rings. The first-order valence-corrected chi connectivity index (χ1v) is 15.1. The second kappa shape index (κ2) is 10.6. The third-order valence-corrected chi connectivity index (χ3v) is 9.40. The Morgan fingerprint density at radius 1 is 0.786 bits per heavy atom. The van der Waals surface area contributed by atoms with Crippen molar-refractivity contribution in [2.45, 2.75) is 15.5 Å². The lowest BCUT2D eigenvalue weighted by atomic mass is 9.77. The van der Waals surface area contributed by atoms with Crippen molar-refractivity contribution in [3.8, 4) is 23.0 Å². The van der Waals surface area contributed by atoms with Crippen LogP contribution in [0.5, 0.6) is 23.0 Å². The Labute approximate surface area is 249 Å². The summed E-state index contributed by atoms with van der Waals surface area (Å²) in [5.74, 6) is 0.820. The van der Waals surface area contributed by atoms with Gasteiger partial charge in [-0.1, -0.05) is 47.2 Å². The van der Waals surface area contributed by atoms with E-state index in [4.69, 9.17) is 18.9 Å². The largest absolute Gasteiger partial charge is 0.497 e. The monoisotopic (exact) mass is 591 g/mol. The lowest BCUT2D eigenvalue weighted by Crippen LogP contribution is -2.33. The summed E-state index contributed by atoms with van der Waals surface area (Å²) < 4.78 is 23.8. The number of benzene rings is 4. The number of hydrogen-bond acceptors (Lipinski definition) is 9. The van der Waals surface area contributed by atoms with Gasteiger partial charge in [-0.05, 0) is 65.4 Å². The molecule has 0 amide bonds. The number of esters is 2. The molecular weight excluding hydrogens is 570 g/mol. The van der Waals surface area contributed by atoms with Crippen molar-refractivity contribution < 1.29 is 28.5 Å². The number of carbonyl (C=O) groups is 2. The molecule has 0 saturated carbocycles. The average Bonchev–Trinajstić information content (AvgIpc) is 3.32. The average molecular weight is 592 g/mol. The third-order valence-electron chi connectivity index (χ3n) is 7.06. The standard InChI is InChI=1S/C33H21NO6S2/c1-37-20-13-15-25-27(18-20)39-28-19-21(14-16-26(28)33(25)24-10-4-2-8-22(24)32(36)40-33)38-31(35)23-9-3-5-11-29(23)41-42-30-12-6-7-17-34-30/h2-19H,1H3/t33-/m0/s1. The zero-order valence-electron chi connectivity index (χ0n) is 22.1. The van der Waals surface area contributed by atoms with Crippen molar-refractivity contribution in [3.05, 3.63) is 137 Å². The minimum Gasteiger partial charge on any atom is -0.497 e. The first-order valence-electron chi connectivity index (χ1n) is 13.0. The first-order chi connectivity index (χ1) is 20.6. The fourth-order valence-electron chi connectivity index (χ4n) is 5.18. The molecule has 7 rings (SSSR count). The highest BCUT2D eigenvalue weighted by Gasteiger charge is 2.53. The van der Waals surface area contributed by atoms with Gasteiger partial charge < -0.3 is 18.9 Å². The molecule has 5 aromatic rings. The molecule has 2 aliphatic heterocycles. The smallest absolute Gasteiger partial charge is 0.344 e. The van der Waals surface area contributed by atoms with Crippen molar-refractivity contribution in [2.75, 3.05) is 7.11 Å². The van der Waals surface area contributed by atoms with E-state index >= 15 is 0 Å². The van der Waals surface area contributed by atoms with Gasteiger partial charge in [-0.2, -0.15) is 0 Å². The maximum atomic E-state index is 13.4. The molecule has 0 bridgehead atoms. The summed E-state index contributed by atoms with van der Waals surface area (Å²) in [7, 11) is 4.46. The zero-order valence-corrected chi connectivity index (χ0v) is 23.7. The van der Waals surface area contributed by atoms with Gasteiger partial charge >= 0.3 is 11.9 Å². The van der Waals surface area contributed by atoms with Crippen LogP contribution in [0.15, 0.2) is 119 Å². The van der Waals surface area contributed by atoms with E-state index in [0.29, 0.717) is 45.1 Å². The normalized spacial score (nSPS) is 16.1. The van der Waals surface area contributed by atoms with Gasteiger partial charge in [-0.25, -0.2) is 14.6 Å². The van der Waals surface area contributed by atoms with Crippen LogP contribution in [0.1, 0.15) is 37.4 Å². The van der Waals surface area contributed by atoms with Crippen LogP contribution < -0.4 is 14.2 Å². The maximum absolute atomic E-state index is 13.4. The van der Waals surface area contributed by atoms with Gasteiger partial charge in [0.1, 0.15) is 28.0 Å². The fraction of sp³-hybridized carbons (Fsp3) is 0.0606. The van der Waals surface area contributed by atoms with Crippen molar-refractivity contribution in [3.63, 3.8) is 0 Å². The summed E-state index contributed by atoms with van der Waals surface area (Å²) >= 11 is 0. The number of methoxy groups -OCH3 is 1. The molecule has 0 saturated heterocycles. The van der Waals surface area contributed by atoms with Gasteiger partial charge in [0.15, 0.2) is 5.60 Å². The molecule has 1 atom stereocenters. The molecule has 3 heterocycles. The van der Waals surface area contributed by atoms with E-state index in [1.165, 1.54) is 21.6 Å². The van der Waals surface area contributed by atoms with E-state index in [1.807, 2.05) is 54.6 Å². The predicted molar refractivity (Wildman–Crippen MR) is 159 cm³/mol. The topological polar surface area (TPSA) is 84.0 Å². The molecular formula is C33H21NO6S2. The molecule has 1 spiro atoms. The van der Waals surface area contributed by atoms with Gasteiger partial charge in [-0.15, -0.1) is 0 Å². The van der Waals surface area contributed by atoms with Crippen LogP contribution in [0.2, 0.25) is 0 Å². The molecule has 9 heteroatoms. The van der Waals surface area contributed by atoms with Gasteiger partial charge in [0.2, 0.25) is 0 Å². The Morgan fingerprint density at radius 3 is 2.29 bits per heavy atom. The molecule has 0 aliphatic carbocycles. The highest BCUT2D eigenvalue weighted by atomic mass is 33.1. The third kappa shape index (κ3) is 4.38. The molecule has 7 nitrogen and oxygen atoms in total. The van der Waals surface area contributed by atoms with E-state index in [0.717, 1.165) is 9.92 Å². The molecule has 206 valence electrons. The second-order valence-electron chi connectivity index (χ2n) is 9.46. The highest BCUT2D eigenvalue weighted by Crippen LogP contribution is 2.57. The highest BCUT2D eigenvalue weighted by molar-refractivity contribution is 8.76. The SMILES string of the molecule is COc1ccc2c(c1)Oc1cc(OC(=O)c3ccccc3SSc3ccccn3)ccc1[C@@]21OC(=O)c2ccccc21. The Hall–Kier alpha value is -4.73. The number of hydrogen-bond donors (Lipinski definition) is 0. The number of ether oxygens (including phenoxy) is 4. The zero-order chi connectivity index (χ0) is 28.7. The van der Waals surface area contributed by atoms with E-state index in [-0.39, 0.29) is 5.75 Å². The lowest BCUT2D eigenvalue weighted by molar-refractivity contribution is 0.0224. The number of aromatic nitrogens is 1. The molecule has 1 aromatic heterocycles. The number of pyridine rings is 1. The van der Waals surface area contributed by atoms with Crippen LogP contribution in [0.3, 0.4) is 0 Å². The molecule has 2 aliphatic rings. The Balaban J connectivity index is 1.24. The number of carbonyl (C=O) groups excluding carboxylic acids is 2. The second-order valence-corrected chi connectivity index (χ2v) is 11.7. The fourth-order valence-corrected chi connectivity index (χ4v) is 7.23. The minimum absolute atomic E-state index is 0.287. The Bertz CT molecular complexity index is 1860. The van der Waals surface area contributed by atoms with E-state index < -0.39 is 17.5 Å². The van der Waals surface area contributed by atoms with Crippen molar-refractivity contribution in [1.82, 2.24) is 4.98 Å². The maximum Gasteiger partial charge on any atom is 0.344 e. The van der Waals surface area contributed by atoms with Gasteiger partial charge in [0.05, 0.1) is 18.2 Å². The van der Waals surface area contributed by atoms with Crippen LogP contribution in [0.25, 0.3) is 0 Å². The number of nitrogens with zero attached hydrogens (tertiary/aromatic N) is 1. The van der Waals surface area contributed by atoms with E-state index in [1.54, 1.807) is 61.8 Å². The Morgan fingerprint density at radius 2 is 1.50 bits per heavy atom. The predicted octanol–water partition coefficient (Wildman–Crippen LogP) is 7.68. The van der Waals surface area contributed by atoms with Crippen LogP contribution in [0.4, 0.5) is 0 Å². The summed E-state index contributed by atoms with van der Waals surface area (Å²) in [5, 5.41) is 0.831. The van der Waals surface area contributed by atoms with Gasteiger partial charge in [0, 0.05) is 39.9 Å². The summed E-state index contributed by atoms with van der Waals surface area (Å²) in [6.07, 6.45) is 1.73. The molecule has 4 aromatic carbocycles. The Kier molecular flexibility index (Phi) is 6.60. The number of fused-ring (bicyclic) bond motifs is 6. The quantitative estimate of drug-likeness (QED) is 0.112. The lowest BCUT2D eigenvalue weighted by Gasteiger charge is -2.36. The number of rotatable bonds is 6. The van der Waals surface area contributed by atoms with E-state index in [2.05, 4.69) is 4.98 Å². The van der Waals surface area contributed by atoms with Crippen LogP contribution >= 0.6 is 21.6 Å². The molecule has 0 radical (unpaired) electrons. The van der Waals surface area contributed by atoms with Crippen molar-refractivity contribution >= 4 is 33.5 Å². The molecule has 0 unspecified atom stereocenters. The summed E-state index contributed by atoms with van der Waals surface area (Å²) in [4.78, 5) is 31.5. The minimum atomic E-state index is -1.22. The van der Waals surface area contributed by atoms with Crippen LogP contribution in [-0.2, 0) is 10.3 Å². The van der Waals surface area contributed by atoms with Gasteiger partial charge in [-0.3, -0.25) is 0 Å². The summed E-state index contributed by atoms with van der Waals surface area (Å²) in [6.45, 7) is 0. The van der Waals surface area contributed by atoms with E-state index in [9.17, 15) is 9.59 Å². The molecule has 42 heavy (non-hydrogen) atoms. The van der Waals surface area contributed by atoms with Gasteiger partial charge in [0.25, 0.3) is 0 Å². The summed E-state index contributed by atoms with van der Waals surface area (Å²) in [6, 6.07) is 30.8. The first kappa shape index (κ1) is 26.2. The summed E-state index contributed by atoms with van der Waals surface area (Å²) in [5.41, 5.74) is 1.70.